The van der Waals surface area contributed by atoms with Gasteiger partial charge in [-0.1, -0.05) is 37.3 Å². The van der Waals surface area contributed by atoms with Gasteiger partial charge in [0.05, 0.1) is 17.3 Å². The first-order valence-corrected chi connectivity index (χ1v) is 8.30. The molecule has 0 unspecified atom stereocenters. The Bertz CT molecular complexity index is 717. The number of hydrogen-bond donors (Lipinski definition) is 1. The van der Waals surface area contributed by atoms with Gasteiger partial charge in [0.25, 0.3) is 5.91 Å². The maximum atomic E-state index is 11.9. The van der Waals surface area contributed by atoms with E-state index in [1.807, 2.05) is 37.3 Å². The van der Waals surface area contributed by atoms with E-state index in [9.17, 15) is 4.79 Å². The van der Waals surface area contributed by atoms with Crippen molar-refractivity contribution in [2.75, 3.05) is 13.7 Å². The zero-order valence-corrected chi connectivity index (χ0v) is 15.2. The molecule has 1 N–H and O–H groups in total. The van der Waals surface area contributed by atoms with E-state index in [0.29, 0.717) is 11.5 Å². The molecular weight excluding hydrogens is 372 g/mol. The van der Waals surface area contributed by atoms with Crippen LogP contribution in [0.3, 0.4) is 0 Å². The summed E-state index contributed by atoms with van der Waals surface area (Å²) in [4.78, 5) is 11.9. The van der Waals surface area contributed by atoms with Crippen molar-refractivity contribution in [1.29, 1.82) is 0 Å². The van der Waals surface area contributed by atoms with Gasteiger partial charge in [0, 0.05) is 0 Å². The van der Waals surface area contributed by atoms with Crippen LogP contribution >= 0.6 is 15.9 Å². The number of methoxy groups -OCH3 is 1. The molecule has 0 aliphatic heterocycles. The second-order valence-corrected chi connectivity index (χ2v) is 5.75. The molecule has 0 aliphatic carbocycles. The highest BCUT2D eigenvalue weighted by molar-refractivity contribution is 9.10. The van der Waals surface area contributed by atoms with Crippen LogP contribution in [0.4, 0.5) is 0 Å². The Labute approximate surface area is 149 Å². The molecule has 1 amide bonds. The van der Waals surface area contributed by atoms with Crippen LogP contribution in [-0.2, 0) is 4.79 Å². The number of carbonyl (C=O) groups excluding carboxylic acids is 1. The van der Waals surface area contributed by atoms with Gasteiger partial charge in [0.15, 0.2) is 6.61 Å². The van der Waals surface area contributed by atoms with Crippen molar-refractivity contribution in [2.45, 2.75) is 13.3 Å². The molecule has 2 rings (SSSR count). The molecule has 5 nitrogen and oxygen atoms in total. The van der Waals surface area contributed by atoms with E-state index in [1.54, 1.807) is 25.3 Å². The fraction of sp³-hybridized carbons (Fsp3) is 0.222. The third kappa shape index (κ3) is 5.09. The quantitative estimate of drug-likeness (QED) is 0.578. The summed E-state index contributed by atoms with van der Waals surface area (Å²) in [6.07, 6.45) is 0.717. The van der Waals surface area contributed by atoms with Crippen molar-refractivity contribution < 1.29 is 14.3 Å². The summed E-state index contributed by atoms with van der Waals surface area (Å²) in [5.74, 6) is 0.951. The normalized spacial score (nSPS) is 11.0. The van der Waals surface area contributed by atoms with Gasteiger partial charge in [-0.25, -0.2) is 5.43 Å². The number of nitrogens with one attached hydrogen (secondary N) is 1. The van der Waals surface area contributed by atoms with E-state index in [-0.39, 0.29) is 12.5 Å². The molecule has 6 heteroatoms. The van der Waals surface area contributed by atoms with Crippen LogP contribution in [0.15, 0.2) is 58.1 Å². The second kappa shape index (κ2) is 9.08. The van der Waals surface area contributed by atoms with Crippen LogP contribution in [0, 0.1) is 0 Å². The summed E-state index contributed by atoms with van der Waals surface area (Å²) < 4.78 is 11.3. The lowest BCUT2D eigenvalue weighted by atomic mass is 10.1. The highest BCUT2D eigenvalue weighted by Gasteiger charge is 2.07. The lowest BCUT2D eigenvalue weighted by molar-refractivity contribution is -0.123. The van der Waals surface area contributed by atoms with Crippen molar-refractivity contribution in [3.05, 3.63) is 58.6 Å². The summed E-state index contributed by atoms with van der Waals surface area (Å²) in [6.45, 7) is 1.86. The number of amides is 1. The largest absolute Gasteiger partial charge is 0.497 e. The molecule has 0 heterocycles. The molecule has 126 valence electrons. The average Bonchev–Trinajstić information content (AvgIpc) is 2.62. The number of nitrogens with zero attached hydrogens (tertiary/aromatic N) is 1. The van der Waals surface area contributed by atoms with Crippen LogP contribution in [0.2, 0.25) is 0 Å². The number of hydrogen-bond acceptors (Lipinski definition) is 4. The first-order valence-electron chi connectivity index (χ1n) is 7.51. The van der Waals surface area contributed by atoms with Gasteiger partial charge in [-0.05, 0) is 46.1 Å². The van der Waals surface area contributed by atoms with E-state index in [4.69, 9.17) is 9.47 Å². The fourth-order valence-corrected chi connectivity index (χ4v) is 2.48. The minimum absolute atomic E-state index is 0.125. The number of ether oxygens (including phenoxy) is 2. The van der Waals surface area contributed by atoms with E-state index in [0.717, 1.165) is 22.2 Å². The lowest BCUT2D eigenvalue weighted by Gasteiger charge is -2.09. The zero-order chi connectivity index (χ0) is 17.4. The predicted octanol–water partition coefficient (Wildman–Crippen LogP) is 3.77. The van der Waals surface area contributed by atoms with Crippen molar-refractivity contribution in [3.8, 4) is 11.5 Å². The van der Waals surface area contributed by atoms with Crippen LogP contribution in [0.1, 0.15) is 18.9 Å². The highest BCUT2D eigenvalue weighted by atomic mass is 79.9. The van der Waals surface area contributed by atoms with Gasteiger partial charge < -0.3 is 9.47 Å². The number of rotatable bonds is 7. The number of halogens is 1. The third-order valence-corrected chi connectivity index (χ3v) is 3.87. The summed E-state index contributed by atoms with van der Waals surface area (Å²) >= 11 is 3.38. The molecule has 24 heavy (non-hydrogen) atoms. The monoisotopic (exact) mass is 390 g/mol. The Morgan fingerprint density at radius 3 is 2.58 bits per heavy atom. The smallest absolute Gasteiger partial charge is 0.277 e. The molecule has 0 fully saturated rings. The second-order valence-electron chi connectivity index (χ2n) is 4.90. The van der Waals surface area contributed by atoms with Crippen molar-refractivity contribution in [3.63, 3.8) is 0 Å². The molecule has 0 saturated carbocycles. The van der Waals surface area contributed by atoms with E-state index in [1.165, 1.54) is 0 Å². The molecule has 0 atom stereocenters. The standard InChI is InChI=1S/C18H19BrN2O3/c1-3-16(13-7-5-4-6-8-13)20-21-18(22)12-24-17-10-9-14(23-2)11-15(17)19/h4-11H,3,12H2,1-2H3,(H,21,22)/b20-16+. The number of benzene rings is 2. The number of hydrazone groups is 1. The van der Waals surface area contributed by atoms with Crippen LogP contribution < -0.4 is 14.9 Å². The van der Waals surface area contributed by atoms with Crippen molar-refractivity contribution in [1.82, 2.24) is 5.43 Å². The van der Waals surface area contributed by atoms with Crippen LogP contribution in [0.5, 0.6) is 11.5 Å². The summed E-state index contributed by atoms with van der Waals surface area (Å²) in [7, 11) is 1.59. The summed E-state index contributed by atoms with van der Waals surface area (Å²) in [5.41, 5.74) is 4.33. The topological polar surface area (TPSA) is 59.9 Å². The summed E-state index contributed by atoms with van der Waals surface area (Å²) in [6, 6.07) is 15.0. The SMILES string of the molecule is CC/C(=N\NC(=O)COc1ccc(OC)cc1Br)c1ccccc1. The Hall–Kier alpha value is -2.34. The third-order valence-electron chi connectivity index (χ3n) is 3.26. The van der Waals surface area contributed by atoms with Gasteiger partial charge in [0.2, 0.25) is 0 Å². The minimum Gasteiger partial charge on any atom is -0.497 e. The summed E-state index contributed by atoms with van der Waals surface area (Å²) in [5, 5.41) is 4.18. The van der Waals surface area contributed by atoms with Gasteiger partial charge in [-0.15, -0.1) is 0 Å². The molecule has 0 aromatic heterocycles. The molecular formula is C18H19BrN2O3. The van der Waals surface area contributed by atoms with E-state index in [2.05, 4.69) is 26.5 Å². The maximum absolute atomic E-state index is 11.9. The van der Waals surface area contributed by atoms with Crippen molar-refractivity contribution >= 4 is 27.5 Å². The van der Waals surface area contributed by atoms with Gasteiger partial charge in [0.1, 0.15) is 11.5 Å². The molecule has 0 bridgehead atoms. The van der Waals surface area contributed by atoms with Gasteiger partial charge in [-0.2, -0.15) is 5.10 Å². The molecule has 0 radical (unpaired) electrons. The Balaban J connectivity index is 1.92. The molecule has 2 aromatic rings. The Kier molecular flexibility index (Phi) is 6.81. The van der Waals surface area contributed by atoms with Gasteiger partial charge in [-0.3, -0.25) is 4.79 Å². The molecule has 2 aromatic carbocycles. The minimum atomic E-state index is -0.320. The molecule has 0 aliphatic rings. The van der Waals surface area contributed by atoms with Crippen molar-refractivity contribution in [2.24, 2.45) is 5.10 Å². The Morgan fingerprint density at radius 1 is 1.21 bits per heavy atom. The van der Waals surface area contributed by atoms with Crippen LogP contribution in [0.25, 0.3) is 0 Å². The average molecular weight is 391 g/mol. The Morgan fingerprint density at radius 2 is 1.96 bits per heavy atom. The molecule has 0 saturated heterocycles. The van der Waals surface area contributed by atoms with E-state index >= 15 is 0 Å². The first kappa shape index (κ1) is 18.0. The number of carbonyl (C=O) groups is 1. The van der Waals surface area contributed by atoms with E-state index < -0.39 is 0 Å². The fourth-order valence-electron chi connectivity index (χ4n) is 2.01. The zero-order valence-electron chi connectivity index (χ0n) is 13.6. The first-order chi connectivity index (χ1) is 11.6. The van der Waals surface area contributed by atoms with Gasteiger partial charge >= 0.3 is 0 Å². The lowest BCUT2D eigenvalue weighted by Crippen LogP contribution is -2.26. The predicted molar refractivity (Wildman–Crippen MR) is 97.6 cm³/mol. The maximum Gasteiger partial charge on any atom is 0.277 e. The molecule has 0 spiro atoms. The highest BCUT2D eigenvalue weighted by Crippen LogP contribution is 2.28. The van der Waals surface area contributed by atoms with Crippen LogP contribution in [-0.4, -0.2) is 25.3 Å².